The van der Waals surface area contributed by atoms with Gasteiger partial charge >= 0.3 is 0 Å². The predicted octanol–water partition coefficient (Wildman–Crippen LogP) is 4.98. The lowest BCUT2D eigenvalue weighted by molar-refractivity contribution is -0.135. The molecule has 1 aromatic rings. The van der Waals surface area contributed by atoms with Crippen LogP contribution in [0.4, 0.5) is 0 Å². The number of nitrogens with zero attached hydrogens (tertiary/aromatic N) is 3. The molecule has 1 N–H and O–H groups in total. The van der Waals surface area contributed by atoms with Crippen LogP contribution in [0.5, 0.6) is 0 Å². The summed E-state index contributed by atoms with van der Waals surface area (Å²) in [6.07, 6.45) is 14.9. The molecule has 9 atom stereocenters. The Bertz CT molecular complexity index is 884. The number of hydrogen-bond acceptors (Lipinski definition) is 4. The standard InChI is InChI=1S/C27H39N3O2/c1-17-11-24-20-7-4-10-27(2,32)12-19(20)8-9-21(24)22-5-3-6-23(26(17)22)25(31)16-30-15-18(13-28)14-29-30/h14-15,17,19-24,26,32H,3-12,16H2,1-2H3/t17?,19-,20+,21+,22+,23-,24-,26+,27-/m1/s1. The van der Waals surface area contributed by atoms with Crippen LogP contribution in [0.3, 0.4) is 0 Å². The number of carbonyl (C=O) groups is 1. The average molecular weight is 438 g/mol. The maximum absolute atomic E-state index is 13.4. The Morgan fingerprint density at radius 3 is 2.78 bits per heavy atom. The molecule has 5 nitrogen and oxygen atoms in total. The van der Waals surface area contributed by atoms with Gasteiger partial charge in [-0.3, -0.25) is 9.48 Å². The summed E-state index contributed by atoms with van der Waals surface area (Å²) in [6.45, 7) is 4.77. The van der Waals surface area contributed by atoms with E-state index in [0.29, 0.717) is 41.6 Å². The summed E-state index contributed by atoms with van der Waals surface area (Å²) in [5.41, 5.74) is 0.0438. The summed E-state index contributed by atoms with van der Waals surface area (Å²) >= 11 is 0. The van der Waals surface area contributed by atoms with Crippen molar-refractivity contribution >= 4 is 5.78 Å². The average Bonchev–Trinajstić information content (AvgIpc) is 3.15. The second kappa shape index (κ2) is 8.60. The number of carbonyl (C=O) groups excluding carboxylic acids is 1. The molecule has 0 aromatic carbocycles. The van der Waals surface area contributed by atoms with Crippen LogP contribution in [-0.4, -0.2) is 26.3 Å². The molecule has 5 heteroatoms. The Morgan fingerprint density at radius 2 is 2.00 bits per heavy atom. The summed E-state index contributed by atoms with van der Waals surface area (Å²) in [4.78, 5) is 13.4. The van der Waals surface area contributed by atoms with E-state index in [-0.39, 0.29) is 5.92 Å². The maximum atomic E-state index is 13.4. The molecule has 1 aromatic heterocycles. The van der Waals surface area contributed by atoms with Crippen molar-refractivity contribution < 1.29 is 9.90 Å². The number of ketones is 1. The molecule has 5 rings (SSSR count). The minimum atomic E-state index is -0.477. The van der Waals surface area contributed by atoms with Crippen molar-refractivity contribution in [1.29, 1.82) is 5.26 Å². The van der Waals surface area contributed by atoms with E-state index in [1.54, 1.807) is 17.1 Å². The van der Waals surface area contributed by atoms with E-state index in [2.05, 4.69) is 25.0 Å². The molecule has 32 heavy (non-hydrogen) atoms. The normalized spacial score (nSPS) is 43.8. The summed E-state index contributed by atoms with van der Waals surface area (Å²) < 4.78 is 1.66. The van der Waals surface area contributed by atoms with Crippen LogP contribution in [0.2, 0.25) is 0 Å². The van der Waals surface area contributed by atoms with Gasteiger partial charge in [-0.2, -0.15) is 10.4 Å². The molecule has 4 aliphatic carbocycles. The quantitative estimate of drug-likeness (QED) is 0.723. The van der Waals surface area contributed by atoms with E-state index < -0.39 is 5.60 Å². The van der Waals surface area contributed by atoms with E-state index in [4.69, 9.17) is 5.26 Å². The van der Waals surface area contributed by atoms with Crippen molar-refractivity contribution in [3.05, 3.63) is 18.0 Å². The van der Waals surface area contributed by atoms with Gasteiger partial charge in [0.15, 0.2) is 5.78 Å². The van der Waals surface area contributed by atoms with Crippen LogP contribution in [0.15, 0.2) is 12.4 Å². The molecular formula is C27H39N3O2. The second-order valence-electron chi connectivity index (χ2n) is 11.9. The first kappa shape index (κ1) is 22.1. The van der Waals surface area contributed by atoms with Gasteiger partial charge < -0.3 is 5.11 Å². The molecular weight excluding hydrogens is 398 g/mol. The van der Waals surface area contributed by atoms with E-state index in [1.165, 1.54) is 38.5 Å². The minimum absolute atomic E-state index is 0.145. The third kappa shape index (κ3) is 4.04. The largest absolute Gasteiger partial charge is 0.390 e. The Labute approximate surface area is 192 Å². The van der Waals surface area contributed by atoms with Gasteiger partial charge in [-0.15, -0.1) is 0 Å². The van der Waals surface area contributed by atoms with E-state index >= 15 is 0 Å². The minimum Gasteiger partial charge on any atom is -0.390 e. The van der Waals surface area contributed by atoms with Crippen LogP contribution in [0, 0.1) is 58.7 Å². The van der Waals surface area contributed by atoms with Crippen molar-refractivity contribution in [2.75, 3.05) is 0 Å². The molecule has 0 amide bonds. The lowest BCUT2D eigenvalue weighted by atomic mass is 9.48. The first-order chi connectivity index (χ1) is 15.4. The van der Waals surface area contributed by atoms with Gasteiger partial charge in [0.05, 0.1) is 23.9 Å². The number of rotatable bonds is 3. The van der Waals surface area contributed by atoms with Gasteiger partial charge in [0.1, 0.15) is 6.07 Å². The van der Waals surface area contributed by atoms with Gasteiger partial charge in [-0.25, -0.2) is 0 Å². The molecule has 4 fully saturated rings. The SMILES string of the molecule is CC1C[C@H]2[C@@H](CC[C@@H]3C[C@](C)(O)CCC[C@@H]32)[C@@H]2CCC[C@H](C(=O)Cn3cc(C#N)cn3)[C@@H]12. The van der Waals surface area contributed by atoms with Gasteiger partial charge in [-0.05, 0) is 99.7 Å². The van der Waals surface area contributed by atoms with Gasteiger partial charge in [-0.1, -0.05) is 19.8 Å². The Balaban J connectivity index is 1.33. The highest BCUT2D eigenvalue weighted by Crippen LogP contribution is 2.59. The number of Topliss-reactive ketones (excluding diaryl/α,β-unsaturated/α-hetero) is 1. The van der Waals surface area contributed by atoms with Crippen LogP contribution >= 0.6 is 0 Å². The summed E-state index contributed by atoms with van der Waals surface area (Å²) in [5.74, 6) is 5.26. The molecule has 0 radical (unpaired) electrons. The highest BCUT2D eigenvalue weighted by molar-refractivity contribution is 5.81. The Hall–Kier alpha value is -1.67. The lowest BCUT2D eigenvalue weighted by Gasteiger charge is -2.57. The summed E-state index contributed by atoms with van der Waals surface area (Å²) in [5, 5.41) is 24.1. The molecule has 0 bridgehead atoms. The van der Waals surface area contributed by atoms with Crippen molar-refractivity contribution in [3.63, 3.8) is 0 Å². The monoisotopic (exact) mass is 437 g/mol. The molecule has 174 valence electrons. The predicted molar refractivity (Wildman–Crippen MR) is 122 cm³/mol. The lowest BCUT2D eigenvalue weighted by Crippen LogP contribution is -2.51. The fourth-order valence-electron chi connectivity index (χ4n) is 8.79. The number of hydrogen-bond donors (Lipinski definition) is 1. The van der Waals surface area contributed by atoms with E-state index in [0.717, 1.165) is 43.4 Å². The number of aromatic nitrogens is 2. The third-order valence-corrected chi connectivity index (χ3v) is 9.89. The Morgan fingerprint density at radius 1 is 1.19 bits per heavy atom. The fourth-order valence-corrected chi connectivity index (χ4v) is 8.79. The fraction of sp³-hybridized carbons (Fsp3) is 0.815. The first-order valence-electron chi connectivity index (χ1n) is 13.0. The van der Waals surface area contributed by atoms with Gasteiger partial charge in [0.25, 0.3) is 0 Å². The summed E-state index contributed by atoms with van der Waals surface area (Å²) in [7, 11) is 0. The van der Waals surface area contributed by atoms with Crippen LogP contribution in [-0.2, 0) is 11.3 Å². The molecule has 0 spiro atoms. The maximum Gasteiger partial charge on any atom is 0.157 e. The van der Waals surface area contributed by atoms with Crippen LogP contribution < -0.4 is 0 Å². The molecule has 0 saturated heterocycles. The highest BCUT2D eigenvalue weighted by atomic mass is 16.3. The van der Waals surface area contributed by atoms with Gasteiger partial charge in [0.2, 0.25) is 0 Å². The molecule has 4 saturated carbocycles. The van der Waals surface area contributed by atoms with E-state index in [1.807, 2.05) is 0 Å². The topological polar surface area (TPSA) is 78.9 Å². The van der Waals surface area contributed by atoms with Crippen LogP contribution in [0.25, 0.3) is 0 Å². The summed E-state index contributed by atoms with van der Waals surface area (Å²) in [6, 6.07) is 2.11. The smallest absolute Gasteiger partial charge is 0.157 e. The first-order valence-corrected chi connectivity index (χ1v) is 13.0. The van der Waals surface area contributed by atoms with Gasteiger partial charge in [0, 0.05) is 12.1 Å². The third-order valence-electron chi connectivity index (χ3n) is 9.89. The Kier molecular flexibility index (Phi) is 5.95. The number of fused-ring (bicyclic) bond motifs is 5. The highest BCUT2D eigenvalue weighted by Gasteiger charge is 2.53. The number of nitriles is 1. The van der Waals surface area contributed by atoms with Crippen molar-refractivity contribution in [2.24, 2.45) is 47.3 Å². The zero-order valence-electron chi connectivity index (χ0n) is 19.7. The van der Waals surface area contributed by atoms with Crippen LogP contribution in [0.1, 0.15) is 83.6 Å². The van der Waals surface area contributed by atoms with Crippen molar-refractivity contribution in [3.8, 4) is 6.07 Å². The van der Waals surface area contributed by atoms with Crippen molar-refractivity contribution in [1.82, 2.24) is 9.78 Å². The molecule has 4 aliphatic rings. The zero-order chi connectivity index (χ0) is 22.5. The van der Waals surface area contributed by atoms with Crippen molar-refractivity contribution in [2.45, 2.75) is 90.2 Å². The molecule has 1 heterocycles. The second-order valence-corrected chi connectivity index (χ2v) is 11.9. The van der Waals surface area contributed by atoms with E-state index in [9.17, 15) is 9.90 Å². The molecule has 1 unspecified atom stereocenters. The zero-order valence-corrected chi connectivity index (χ0v) is 19.7. The number of aliphatic hydroxyl groups is 1. The molecule has 0 aliphatic heterocycles.